The number of hydrogen-bond donors (Lipinski definition) is 3. The van der Waals surface area contributed by atoms with E-state index in [4.69, 9.17) is 23.5 Å². The number of carbonyl (C=O) groups is 3. The summed E-state index contributed by atoms with van der Waals surface area (Å²) in [6, 6.07) is 6.13. The van der Waals surface area contributed by atoms with Crippen molar-refractivity contribution in [1.29, 1.82) is 0 Å². The van der Waals surface area contributed by atoms with E-state index in [-0.39, 0.29) is 37.2 Å². The second kappa shape index (κ2) is 12.7. The van der Waals surface area contributed by atoms with Gasteiger partial charge in [0.05, 0.1) is 6.61 Å². The molecule has 39 heavy (non-hydrogen) atoms. The zero-order valence-electron chi connectivity index (χ0n) is 21.3. The zero-order chi connectivity index (χ0) is 28.1. The molecule has 2 unspecified atom stereocenters. The number of unbranched alkanes of at least 4 members (excludes halogenated alkanes) is 2. The molecule has 2 amide bonds. The monoisotopic (exact) mass is 549 g/mol. The molecule has 212 valence electrons. The normalized spacial score (nSPS) is 25.3. The average Bonchev–Trinajstić information content (AvgIpc) is 3.21. The van der Waals surface area contributed by atoms with Gasteiger partial charge in [0.1, 0.15) is 35.7 Å². The van der Waals surface area contributed by atoms with E-state index >= 15 is 0 Å². The first-order chi connectivity index (χ1) is 18.7. The second-order valence-electron chi connectivity index (χ2n) is 9.42. The summed E-state index contributed by atoms with van der Waals surface area (Å²) in [5, 5.41) is 32.3. The summed E-state index contributed by atoms with van der Waals surface area (Å²) in [5.74, 6) is -1.54. The van der Waals surface area contributed by atoms with Gasteiger partial charge in [0.15, 0.2) is 0 Å². The smallest absolute Gasteiger partial charge is 0.336 e. The lowest BCUT2D eigenvalue weighted by Gasteiger charge is -2.41. The first-order valence-corrected chi connectivity index (χ1v) is 12.7. The molecule has 0 radical (unpaired) electrons. The number of amides is 2. The number of hydrogen-bond acceptors (Lipinski definition) is 12. The minimum Gasteiger partial charge on any atom is -0.462 e. The number of imide groups is 1. The number of hydroxylamine groups is 2. The van der Waals surface area contributed by atoms with Crippen molar-refractivity contribution < 1.29 is 53.2 Å². The Hall–Kier alpha value is -3.36. The SMILES string of the molecule is Cc1cc(=O)oc2cc(O[C@H]3OC(CO)[C@@H](OCCCCCC(=O)ON4C(=O)CCC4=O)[C@H](O)C3O)ccc12. The van der Waals surface area contributed by atoms with Crippen LogP contribution in [0.4, 0.5) is 0 Å². The van der Waals surface area contributed by atoms with Crippen molar-refractivity contribution in [1.82, 2.24) is 5.06 Å². The van der Waals surface area contributed by atoms with Crippen molar-refractivity contribution in [2.45, 2.75) is 76.2 Å². The highest BCUT2D eigenvalue weighted by Gasteiger charge is 2.46. The third kappa shape index (κ3) is 6.81. The molecule has 2 aromatic rings. The molecule has 2 fully saturated rings. The molecular formula is C26H31NO12. The van der Waals surface area contributed by atoms with Crippen LogP contribution in [0.2, 0.25) is 0 Å². The molecule has 2 aliphatic rings. The van der Waals surface area contributed by atoms with Gasteiger partial charge in [-0.1, -0.05) is 6.42 Å². The van der Waals surface area contributed by atoms with Crippen LogP contribution in [0.1, 0.15) is 44.1 Å². The number of carbonyl (C=O) groups excluding carboxylic acids is 3. The molecule has 5 atom stereocenters. The summed E-state index contributed by atoms with van der Waals surface area (Å²) in [6.45, 7) is 1.40. The van der Waals surface area contributed by atoms with Crippen molar-refractivity contribution in [2.24, 2.45) is 0 Å². The number of ether oxygens (including phenoxy) is 3. The Morgan fingerprint density at radius 3 is 2.51 bits per heavy atom. The molecular weight excluding hydrogens is 518 g/mol. The molecule has 2 aliphatic heterocycles. The fraction of sp³-hybridized carbons (Fsp3) is 0.538. The summed E-state index contributed by atoms with van der Waals surface area (Å²) < 4.78 is 22.2. The van der Waals surface area contributed by atoms with Crippen LogP contribution >= 0.6 is 0 Å². The van der Waals surface area contributed by atoms with E-state index in [0.717, 1.165) is 5.56 Å². The summed E-state index contributed by atoms with van der Waals surface area (Å²) in [7, 11) is 0. The highest BCUT2D eigenvalue weighted by molar-refractivity contribution is 6.01. The quantitative estimate of drug-likeness (QED) is 0.200. The maximum Gasteiger partial charge on any atom is 0.336 e. The Labute approximate surface area is 222 Å². The number of aliphatic hydroxyl groups is 3. The number of nitrogens with zero attached hydrogens (tertiary/aromatic N) is 1. The van der Waals surface area contributed by atoms with E-state index in [2.05, 4.69) is 0 Å². The van der Waals surface area contributed by atoms with Gasteiger partial charge in [-0.15, -0.1) is 5.06 Å². The van der Waals surface area contributed by atoms with Gasteiger partial charge in [-0.2, -0.15) is 0 Å². The molecule has 13 heteroatoms. The number of aliphatic hydroxyl groups excluding tert-OH is 3. The molecule has 1 aromatic carbocycles. The third-order valence-corrected chi connectivity index (χ3v) is 6.53. The molecule has 3 heterocycles. The summed E-state index contributed by atoms with van der Waals surface area (Å²) in [6.07, 6.45) is -4.83. The lowest BCUT2D eigenvalue weighted by molar-refractivity contribution is -0.285. The maximum absolute atomic E-state index is 11.9. The van der Waals surface area contributed by atoms with E-state index in [9.17, 15) is 34.5 Å². The molecule has 4 rings (SSSR count). The summed E-state index contributed by atoms with van der Waals surface area (Å²) in [4.78, 5) is 51.3. The van der Waals surface area contributed by atoms with E-state index in [1.807, 2.05) is 0 Å². The third-order valence-electron chi connectivity index (χ3n) is 6.53. The van der Waals surface area contributed by atoms with Crippen molar-refractivity contribution >= 4 is 28.8 Å². The summed E-state index contributed by atoms with van der Waals surface area (Å²) in [5.41, 5.74) is 0.499. The first kappa shape index (κ1) is 28.6. The number of rotatable bonds is 11. The van der Waals surface area contributed by atoms with Crippen LogP contribution in [0.5, 0.6) is 5.75 Å². The van der Waals surface area contributed by atoms with Crippen LogP contribution < -0.4 is 10.4 Å². The van der Waals surface area contributed by atoms with Crippen LogP contribution in [0.15, 0.2) is 33.5 Å². The van der Waals surface area contributed by atoms with Crippen LogP contribution in [-0.4, -0.2) is 82.1 Å². The van der Waals surface area contributed by atoms with Gasteiger partial charge in [-0.25, -0.2) is 9.59 Å². The van der Waals surface area contributed by atoms with Crippen LogP contribution in [0.25, 0.3) is 11.0 Å². The number of aryl methyl sites for hydroxylation is 1. The topological polar surface area (TPSA) is 182 Å². The minimum absolute atomic E-state index is 0.000965. The standard InChI is InChI=1S/C26H31NO12/c1-14-11-22(32)37-17-12-15(6-7-16(14)17)36-26-24(34)23(33)25(18(13-28)38-26)35-10-4-2-3-5-21(31)39-27-19(29)8-9-20(27)30/h6-7,11-12,18,23-26,28,33-34H,2-5,8-10,13H2,1H3/t18?,23-,24?,25-,26+/m1/s1. The Bertz CT molecular complexity index is 1240. The van der Waals surface area contributed by atoms with Gasteiger partial charge in [0.25, 0.3) is 11.8 Å². The summed E-state index contributed by atoms with van der Waals surface area (Å²) >= 11 is 0. The Kier molecular flexibility index (Phi) is 9.30. The van der Waals surface area contributed by atoms with Crippen LogP contribution in [0.3, 0.4) is 0 Å². The molecule has 3 N–H and O–H groups in total. The van der Waals surface area contributed by atoms with Gasteiger partial charge in [0, 0.05) is 43.4 Å². The Balaban J connectivity index is 1.23. The number of fused-ring (bicyclic) bond motifs is 1. The van der Waals surface area contributed by atoms with Gasteiger partial charge in [-0.3, -0.25) is 9.59 Å². The predicted molar refractivity (Wildman–Crippen MR) is 131 cm³/mol. The minimum atomic E-state index is -1.51. The zero-order valence-corrected chi connectivity index (χ0v) is 21.3. The fourth-order valence-corrected chi connectivity index (χ4v) is 4.44. The van der Waals surface area contributed by atoms with Crippen molar-refractivity contribution in [3.05, 3.63) is 40.2 Å². The molecule has 0 spiro atoms. The molecule has 1 aromatic heterocycles. The van der Waals surface area contributed by atoms with Gasteiger partial charge in [0.2, 0.25) is 6.29 Å². The van der Waals surface area contributed by atoms with Crippen molar-refractivity contribution in [3.8, 4) is 5.75 Å². The van der Waals surface area contributed by atoms with E-state index in [1.165, 1.54) is 12.1 Å². The number of benzene rings is 1. The second-order valence-corrected chi connectivity index (χ2v) is 9.42. The predicted octanol–water partition coefficient (Wildman–Crippen LogP) is 0.472. The molecule has 0 saturated carbocycles. The molecule has 2 saturated heterocycles. The molecule has 13 nitrogen and oxygen atoms in total. The van der Waals surface area contributed by atoms with E-state index in [1.54, 1.807) is 19.1 Å². The van der Waals surface area contributed by atoms with Gasteiger partial charge >= 0.3 is 11.6 Å². The van der Waals surface area contributed by atoms with Crippen LogP contribution in [-0.2, 0) is 28.7 Å². The Morgan fingerprint density at radius 1 is 1.05 bits per heavy atom. The van der Waals surface area contributed by atoms with E-state index in [0.29, 0.717) is 29.7 Å². The fourth-order valence-electron chi connectivity index (χ4n) is 4.44. The maximum atomic E-state index is 11.9. The lowest BCUT2D eigenvalue weighted by atomic mass is 9.99. The lowest BCUT2D eigenvalue weighted by Crippen LogP contribution is -2.61. The first-order valence-electron chi connectivity index (χ1n) is 12.7. The van der Waals surface area contributed by atoms with Crippen molar-refractivity contribution in [2.75, 3.05) is 13.2 Å². The van der Waals surface area contributed by atoms with Gasteiger partial charge < -0.3 is 38.8 Å². The van der Waals surface area contributed by atoms with E-state index < -0.39 is 60.7 Å². The Morgan fingerprint density at radius 2 is 1.79 bits per heavy atom. The van der Waals surface area contributed by atoms with Crippen molar-refractivity contribution in [3.63, 3.8) is 0 Å². The highest BCUT2D eigenvalue weighted by atomic mass is 16.7. The molecule has 0 bridgehead atoms. The average molecular weight is 550 g/mol. The van der Waals surface area contributed by atoms with Gasteiger partial charge in [-0.05, 0) is 37.5 Å². The largest absolute Gasteiger partial charge is 0.462 e. The highest BCUT2D eigenvalue weighted by Crippen LogP contribution is 2.28. The van der Waals surface area contributed by atoms with Crippen LogP contribution in [0, 0.1) is 6.92 Å². The molecule has 0 aliphatic carbocycles.